The fourth-order valence-electron chi connectivity index (χ4n) is 2.35. The highest BCUT2D eigenvalue weighted by molar-refractivity contribution is 5.96. The van der Waals surface area contributed by atoms with E-state index in [1.165, 1.54) is 5.39 Å². The molecule has 0 radical (unpaired) electrons. The van der Waals surface area contributed by atoms with Crippen molar-refractivity contribution in [3.8, 4) is 0 Å². The predicted molar refractivity (Wildman–Crippen MR) is 76.7 cm³/mol. The van der Waals surface area contributed by atoms with Crippen molar-refractivity contribution in [1.82, 2.24) is 10.3 Å². The number of benzene rings is 1. The highest BCUT2D eigenvalue weighted by atomic mass is 16.1. The number of hydrogen-bond donors (Lipinski definition) is 2. The van der Waals surface area contributed by atoms with Crippen LogP contribution in [0.1, 0.15) is 17.7 Å². The van der Waals surface area contributed by atoms with Crippen LogP contribution in [0.15, 0.2) is 48.1 Å². The number of fused-ring (bicyclic) bond motifs is 1. The molecule has 1 amide bonds. The van der Waals surface area contributed by atoms with Gasteiger partial charge >= 0.3 is 0 Å². The zero-order valence-corrected chi connectivity index (χ0v) is 10.9. The molecule has 96 valence electrons. The number of nitrogens with one attached hydrogen (secondary N) is 2. The predicted octanol–water partition coefficient (Wildman–Crippen LogP) is 2.98. The molecule has 2 aromatic rings. The molecule has 1 aromatic heterocycles. The standard InChI is InChI=1S/C16H16N2O/c1-11-8-14-9-12(6-7-15(14)18-11)10-17-16(19)13-4-2-3-5-13/h2,4-9,18H,3,10H2,1H3,(H,17,19). The molecule has 0 saturated heterocycles. The molecule has 0 saturated carbocycles. The fourth-order valence-corrected chi connectivity index (χ4v) is 2.35. The average Bonchev–Trinajstić information content (AvgIpc) is 3.03. The Kier molecular flexibility index (Phi) is 2.95. The number of aromatic amines is 1. The lowest BCUT2D eigenvalue weighted by atomic mass is 10.1. The number of rotatable bonds is 3. The minimum atomic E-state index is -0.000837. The summed E-state index contributed by atoms with van der Waals surface area (Å²) < 4.78 is 0. The first-order valence-electron chi connectivity index (χ1n) is 6.45. The summed E-state index contributed by atoms with van der Waals surface area (Å²) in [7, 11) is 0. The third kappa shape index (κ3) is 2.45. The monoisotopic (exact) mass is 252 g/mol. The summed E-state index contributed by atoms with van der Waals surface area (Å²) in [5.41, 5.74) is 4.16. The van der Waals surface area contributed by atoms with Crippen molar-refractivity contribution in [2.75, 3.05) is 0 Å². The van der Waals surface area contributed by atoms with Gasteiger partial charge in [-0.1, -0.05) is 24.3 Å². The number of aryl methyl sites for hydroxylation is 1. The molecule has 0 unspecified atom stereocenters. The summed E-state index contributed by atoms with van der Waals surface area (Å²) >= 11 is 0. The van der Waals surface area contributed by atoms with E-state index >= 15 is 0 Å². The van der Waals surface area contributed by atoms with E-state index in [4.69, 9.17) is 0 Å². The number of carbonyl (C=O) groups excluding carboxylic acids is 1. The van der Waals surface area contributed by atoms with Gasteiger partial charge in [0.1, 0.15) is 0 Å². The zero-order valence-electron chi connectivity index (χ0n) is 10.9. The van der Waals surface area contributed by atoms with Gasteiger partial charge in [-0.15, -0.1) is 0 Å². The van der Waals surface area contributed by atoms with Crippen molar-refractivity contribution in [3.05, 3.63) is 59.3 Å². The van der Waals surface area contributed by atoms with Gasteiger partial charge in [-0.2, -0.15) is 0 Å². The van der Waals surface area contributed by atoms with Gasteiger partial charge in [-0.3, -0.25) is 4.79 Å². The Hall–Kier alpha value is -2.29. The molecule has 1 aliphatic rings. The van der Waals surface area contributed by atoms with E-state index in [9.17, 15) is 4.79 Å². The molecule has 1 aliphatic carbocycles. The van der Waals surface area contributed by atoms with Crippen LogP contribution in [0.4, 0.5) is 0 Å². The lowest BCUT2D eigenvalue weighted by Gasteiger charge is -2.05. The second-order valence-electron chi connectivity index (χ2n) is 4.85. The number of H-pyrrole nitrogens is 1. The van der Waals surface area contributed by atoms with Crippen LogP contribution in [-0.4, -0.2) is 10.9 Å². The van der Waals surface area contributed by atoms with Gasteiger partial charge in [-0.05, 0) is 42.5 Å². The van der Waals surface area contributed by atoms with Crippen molar-refractivity contribution in [3.63, 3.8) is 0 Å². The third-order valence-corrected chi connectivity index (χ3v) is 3.31. The molecular formula is C16H16N2O. The minimum Gasteiger partial charge on any atom is -0.359 e. The van der Waals surface area contributed by atoms with E-state index in [1.54, 1.807) is 0 Å². The minimum absolute atomic E-state index is 0.000837. The number of aromatic nitrogens is 1. The van der Waals surface area contributed by atoms with Crippen LogP contribution in [-0.2, 0) is 11.3 Å². The number of allylic oxidation sites excluding steroid dienone is 2. The van der Waals surface area contributed by atoms with Crippen LogP contribution in [0.25, 0.3) is 10.9 Å². The summed E-state index contributed by atoms with van der Waals surface area (Å²) in [6.07, 6.45) is 6.66. The molecule has 3 rings (SSSR count). The number of carbonyl (C=O) groups is 1. The molecule has 1 aromatic carbocycles. The Bertz CT molecular complexity index is 692. The van der Waals surface area contributed by atoms with Crippen molar-refractivity contribution >= 4 is 16.8 Å². The molecule has 0 fully saturated rings. The second kappa shape index (κ2) is 4.76. The summed E-state index contributed by atoms with van der Waals surface area (Å²) in [6, 6.07) is 8.32. The van der Waals surface area contributed by atoms with E-state index < -0.39 is 0 Å². The largest absolute Gasteiger partial charge is 0.359 e. The van der Waals surface area contributed by atoms with Crippen LogP contribution in [0.3, 0.4) is 0 Å². The maximum Gasteiger partial charge on any atom is 0.251 e. The van der Waals surface area contributed by atoms with E-state index in [0.29, 0.717) is 6.54 Å². The molecule has 2 N–H and O–H groups in total. The van der Waals surface area contributed by atoms with Crippen LogP contribution < -0.4 is 5.32 Å². The van der Waals surface area contributed by atoms with E-state index in [1.807, 2.05) is 31.2 Å². The Morgan fingerprint density at radius 3 is 3.05 bits per heavy atom. The van der Waals surface area contributed by atoms with Gasteiger partial charge in [0.05, 0.1) is 0 Å². The topological polar surface area (TPSA) is 44.9 Å². The molecule has 0 bridgehead atoms. The summed E-state index contributed by atoms with van der Waals surface area (Å²) in [5.74, 6) is -0.000837. The highest BCUT2D eigenvalue weighted by Crippen LogP contribution is 2.17. The first-order valence-corrected chi connectivity index (χ1v) is 6.45. The fraction of sp³-hybridized carbons (Fsp3) is 0.188. The molecule has 3 nitrogen and oxygen atoms in total. The molecule has 3 heteroatoms. The summed E-state index contributed by atoms with van der Waals surface area (Å²) in [5, 5.41) is 4.13. The van der Waals surface area contributed by atoms with Crippen molar-refractivity contribution in [2.45, 2.75) is 19.9 Å². The molecule has 0 spiro atoms. The number of amides is 1. The van der Waals surface area contributed by atoms with Crippen LogP contribution in [0.5, 0.6) is 0 Å². The van der Waals surface area contributed by atoms with Gasteiger partial charge in [-0.25, -0.2) is 0 Å². The van der Waals surface area contributed by atoms with E-state index in [-0.39, 0.29) is 5.91 Å². The first-order chi connectivity index (χ1) is 9.22. The Morgan fingerprint density at radius 1 is 1.37 bits per heavy atom. The highest BCUT2D eigenvalue weighted by Gasteiger charge is 2.08. The van der Waals surface area contributed by atoms with Crippen molar-refractivity contribution < 1.29 is 4.79 Å². The Labute approximate surface area is 112 Å². The molecule has 0 atom stereocenters. The molecule has 1 heterocycles. The quantitative estimate of drug-likeness (QED) is 0.866. The third-order valence-electron chi connectivity index (χ3n) is 3.31. The summed E-state index contributed by atoms with van der Waals surface area (Å²) in [4.78, 5) is 15.1. The first kappa shape index (κ1) is 11.8. The molecular weight excluding hydrogens is 236 g/mol. The lowest BCUT2D eigenvalue weighted by Crippen LogP contribution is -2.23. The zero-order chi connectivity index (χ0) is 13.2. The van der Waals surface area contributed by atoms with Crippen molar-refractivity contribution in [2.24, 2.45) is 0 Å². The molecule has 0 aliphatic heterocycles. The Morgan fingerprint density at radius 2 is 2.26 bits per heavy atom. The van der Waals surface area contributed by atoms with Gasteiger partial charge in [0.25, 0.3) is 5.91 Å². The van der Waals surface area contributed by atoms with E-state index in [2.05, 4.69) is 28.5 Å². The van der Waals surface area contributed by atoms with Gasteiger partial charge in [0.2, 0.25) is 0 Å². The molecule has 19 heavy (non-hydrogen) atoms. The average molecular weight is 252 g/mol. The lowest BCUT2D eigenvalue weighted by molar-refractivity contribution is -0.117. The van der Waals surface area contributed by atoms with Gasteiger partial charge < -0.3 is 10.3 Å². The number of hydrogen-bond acceptors (Lipinski definition) is 1. The maximum atomic E-state index is 11.8. The maximum absolute atomic E-state index is 11.8. The summed E-state index contributed by atoms with van der Waals surface area (Å²) in [6.45, 7) is 2.60. The van der Waals surface area contributed by atoms with Crippen LogP contribution in [0, 0.1) is 6.92 Å². The smallest absolute Gasteiger partial charge is 0.251 e. The van der Waals surface area contributed by atoms with E-state index in [0.717, 1.165) is 28.8 Å². The SMILES string of the molecule is Cc1cc2cc(CNC(=O)C3=CCC=C3)ccc2[nH]1. The van der Waals surface area contributed by atoms with Crippen molar-refractivity contribution in [1.29, 1.82) is 0 Å². The Balaban J connectivity index is 1.71. The second-order valence-corrected chi connectivity index (χ2v) is 4.85. The van der Waals surface area contributed by atoms with Gasteiger partial charge in [0.15, 0.2) is 0 Å². The van der Waals surface area contributed by atoms with Gasteiger partial charge in [0, 0.05) is 23.3 Å². The normalized spacial score (nSPS) is 13.8. The van der Waals surface area contributed by atoms with Crippen LogP contribution in [0.2, 0.25) is 0 Å². The van der Waals surface area contributed by atoms with Crippen LogP contribution >= 0.6 is 0 Å².